The molecule has 3 fully saturated rings. The Kier molecular flexibility index (Phi) is 6.95. The fourth-order valence-electron chi connectivity index (χ4n) is 5.60. The summed E-state index contributed by atoms with van der Waals surface area (Å²) in [5, 5.41) is 0. The number of hydrogen-bond donors (Lipinski definition) is 0. The van der Waals surface area contributed by atoms with E-state index in [1.54, 1.807) is 11.1 Å². The largest absolute Gasteiger partial charge is 0.368 e. The Morgan fingerprint density at radius 2 is 1.94 bits per heavy atom. The smallest absolute Gasteiger partial charge is 0.242 e. The first-order valence-corrected chi connectivity index (χ1v) is 12.2. The molecule has 2 aliphatic carbocycles. The standard InChI is InChI=1S/C25H37N3O3/c1-3-25(4-2)14-22(25)24(30)27-15-21(31-18-19-10-8-9-13-26-19)16-28(23(29)17-27)20-11-6-5-7-12-20/h8-10,13,20-22H,3-7,11-12,14-18H2,1-2H3/t21-,22-/m1/s1. The van der Waals surface area contributed by atoms with Gasteiger partial charge in [0.2, 0.25) is 11.8 Å². The summed E-state index contributed by atoms with van der Waals surface area (Å²) in [5.74, 6) is 0.297. The van der Waals surface area contributed by atoms with Crippen LogP contribution in [0.4, 0.5) is 0 Å². The van der Waals surface area contributed by atoms with Gasteiger partial charge in [-0.05, 0) is 49.7 Å². The van der Waals surface area contributed by atoms with Gasteiger partial charge in [-0.25, -0.2) is 0 Å². The van der Waals surface area contributed by atoms with Crippen LogP contribution in [-0.2, 0) is 20.9 Å². The van der Waals surface area contributed by atoms with Gasteiger partial charge in [-0.15, -0.1) is 0 Å². The topological polar surface area (TPSA) is 62.7 Å². The van der Waals surface area contributed by atoms with E-state index in [1.165, 1.54) is 19.3 Å². The summed E-state index contributed by atoms with van der Waals surface area (Å²) in [4.78, 5) is 34.8. The predicted molar refractivity (Wildman–Crippen MR) is 119 cm³/mol. The van der Waals surface area contributed by atoms with Crippen molar-refractivity contribution in [3.63, 3.8) is 0 Å². The average Bonchev–Trinajstić information content (AvgIpc) is 3.58. The molecule has 1 saturated heterocycles. The van der Waals surface area contributed by atoms with E-state index in [4.69, 9.17) is 4.74 Å². The van der Waals surface area contributed by atoms with Gasteiger partial charge in [0.05, 0.1) is 24.9 Å². The maximum absolute atomic E-state index is 13.4. The van der Waals surface area contributed by atoms with Gasteiger partial charge in [0.1, 0.15) is 0 Å². The normalized spacial score (nSPS) is 26.6. The van der Waals surface area contributed by atoms with Crippen molar-refractivity contribution in [3.05, 3.63) is 30.1 Å². The van der Waals surface area contributed by atoms with Gasteiger partial charge in [0.25, 0.3) is 0 Å². The highest BCUT2D eigenvalue weighted by molar-refractivity contribution is 5.88. The second-order valence-electron chi connectivity index (χ2n) is 9.64. The van der Waals surface area contributed by atoms with Gasteiger partial charge in [0.15, 0.2) is 0 Å². The van der Waals surface area contributed by atoms with E-state index in [0.29, 0.717) is 19.7 Å². The molecule has 0 aromatic carbocycles. The van der Waals surface area contributed by atoms with Crippen molar-refractivity contribution in [3.8, 4) is 0 Å². The van der Waals surface area contributed by atoms with Crippen LogP contribution in [-0.4, -0.2) is 58.4 Å². The molecule has 6 heteroatoms. The SMILES string of the molecule is CCC1(CC)C[C@@H]1C(=O)N1CC(=O)N(C2CCCCC2)C[C@H](OCc2ccccn2)C1. The molecule has 170 valence electrons. The lowest BCUT2D eigenvalue weighted by Gasteiger charge is -2.34. The fourth-order valence-corrected chi connectivity index (χ4v) is 5.60. The highest BCUT2D eigenvalue weighted by atomic mass is 16.5. The molecule has 2 amide bonds. The second-order valence-corrected chi connectivity index (χ2v) is 9.64. The predicted octanol–water partition coefficient (Wildman–Crippen LogP) is 3.80. The van der Waals surface area contributed by atoms with Gasteiger partial charge in [-0.1, -0.05) is 39.2 Å². The third kappa shape index (κ3) is 4.94. The van der Waals surface area contributed by atoms with Crippen LogP contribution >= 0.6 is 0 Å². The lowest BCUT2D eigenvalue weighted by atomic mass is 9.94. The van der Waals surface area contributed by atoms with Crippen LogP contribution in [0.15, 0.2) is 24.4 Å². The summed E-state index contributed by atoms with van der Waals surface area (Å²) < 4.78 is 6.25. The third-order valence-corrected chi connectivity index (χ3v) is 7.89. The molecule has 1 aromatic rings. The maximum atomic E-state index is 13.4. The first-order chi connectivity index (χ1) is 15.1. The van der Waals surface area contributed by atoms with Crippen molar-refractivity contribution >= 4 is 11.8 Å². The molecule has 1 aromatic heterocycles. The average molecular weight is 428 g/mol. The van der Waals surface area contributed by atoms with Crippen LogP contribution in [0.3, 0.4) is 0 Å². The summed E-state index contributed by atoms with van der Waals surface area (Å²) in [6.07, 6.45) is 10.3. The van der Waals surface area contributed by atoms with Crippen molar-refractivity contribution < 1.29 is 14.3 Å². The molecule has 0 N–H and O–H groups in total. The zero-order valence-electron chi connectivity index (χ0n) is 19.1. The highest BCUT2D eigenvalue weighted by Crippen LogP contribution is 2.58. The Morgan fingerprint density at radius 1 is 1.16 bits per heavy atom. The van der Waals surface area contributed by atoms with E-state index in [1.807, 2.05) is 23.1 Å². The molecule has 6 nitrogen and oxygen atoms in total. The van der Waals surface area contributed by atoms with E-state index < -0.39 is 0 Å². The molecule has 0 unspecified atom stereocenters. The summed E-state index contributed by atoms with van der Waals surface area (Å²) in [6.45, 7) is 6.00. The first-order valence-electron chi connectivity index (χ1n) is 12.2. The number of carbonyl (C=O) groups excluding carboxylic acids is 2. The van der Waals surface area contributed by atoms with Crippen molar-refractivity contribution in [1.82, 2.24) is 14.8 Å². The Balaban J connectivity index is 1.49. The van der Waals surface area contributed by atoms with Crippen LogP contribution in [0.1, 0.15) is 70.9 Å². The second kappa shape index (κ2) is 9.68. The van der Waals surface area contributed by atoms with Gasteiger partial charge < -0.3 is 14.5 Å². The molecular formula is C25H37N3O3. The van der Waals surface area contributed by atoms with Crippen molar-refractivity contribution in [2.45, 2.75) is 84.0 Å². The van der Waals surface area contributed by atoms with Crippen LogP contribution < -0.4 is 0 Å². The van der Waals surface area contributed by atoms with E-state index >= 15 is 0 Å². The zero-order chi connectivity index (χ0) is 21.8. The van der Waals surface area contributed by atoms with Gasteiger partial charge in [0, 0.05) is 31.2 Å². The monoisotopic (exact) mass is 427 g/mol. The van der Waals surface area contributed by atoms with E-state index in [-0.39, 0.29) is 41.8 Å². The van der Waals surface area contributed by atoms with E-state index in [0.717, 1.165) is 37.8 Å². The summed E-state index contributed by atoms with van der Waals surface area (Å²) in [7, 11) is 0. The Hall–Kier alpha value is -1.95. The van der Waals surface area contributed by atoms with E-state index in [9.17, 15) is 9.59 Å². The number of pyridine rings is 1. The highest BCUT2D eigenvalue weighted by Gasteiger charge is 2.56. The molecular weight excluding hydrogens is 390 g/mol. The number of carbonyl (C=O) groups is 2. The van der Waals surface area contributed by atoms with Crippen LogP contribution in [0, 0.1) is 11.3 Å². The summed E-state index contributed by atoms with van der Waals surface area (Å²) in [5.41, 5.74) is 1.01. The number of hydrogen-bond acceptors (Lipinski definition) is 4. The molecule has 31 heavy (non-hydrogen) atoms. The minimum atomic E-state index is -0.185. The molecule has 2 saturated carbocycles. The summed E-state index contributed by atoms with van der Waals surface area (Å²) in [6, 6.07) is 6.07. The molecule has 3 aliphatic rings. The van der Waals surface area contributed by atoms with Gasteiger partial charge in [-0.3, -0.25) is 14.6 Å². The van der Waals surface area contributed by atoms with Gasteiger partial charge in [-0.2, -0.15) is 0 Å². The molecule has 0 radical (unpaired) electrons. The van der Waals surface area contributed by atoms with Crippen LogP contribution in [0.2, 0.25) is 0 Å². The van der Waals surface area contributed by atoms with E-state index in [2.05, 4.69) is 18.8 Å². The Morgan fingerprint density at radius 3 is 2.58 bits per heavy atom. The Labute approximate surface area is 186 Å². The van der Waals surface area contributed by atoms with Crippen LogP contribution in [0.25, 0.3) is 0 Å². The molecule has 2 atom stereocenters. The van der Waals surface area contributed by atoms with Crippen molar-refractivity contribution in [2.75, 3.05) is 19.6 Å². The van der Waals surface area contributed by atoms with Crippen LogP contribution in [0.5, 0.6) is 0 Å². The fraction of sp³-hybridized carbons (Fsp3) is 0.720. The number of nitrogens with zero attached hydrogens (tertiary/aromatic N) is 3. The lowest BCUT2D eigenvalue weighted by Crippen LogP contribution is -2.46. The first kappa shape index (κ1) is 22.3. The number of aromatic nitrogens is 1. The molecule has 0 spiro atoms. The van der Waals surface area contributed by atoms with Crippen molar-refractivity contribution in [1.29, 1.82) is 0 Å². The summed E-state index contributed by atoms with van der Waals surface area (Å²) >= 11 is 0. The third-order valence-electron chi connectivity index (χ3n) is 7.89. The number of rotatable bonds is 7. The molecule has 1 aliphatic heterocycles. The minimum absolute atomic E-state index is 0.0629. The lowest BCUT2D eigenvalue weighted by molar-refractivity contribution is -0.141. The molecule has 4 rings (SSSR count). The van der Waals surface area contributed by atoms with Crippen molar-refractivity contribution in [2.24, 2.45) is 11.3 Å². The quantitative estimate of drug-likeness (QED) is 0.664. The minimum Gasteiger partial charge on any atom is -0.368 e. The van der Waals surface area contributed by atoms with Gasteiger partial charge >= 0.3 is 0 Å². The number of amides is 2. The zero-order valence-corrected chi connectivity index (χ0v) is 19.1. The maximum Gasteiger partial charge on any atom is 0.242 e. The molecule has 2 heterocycles. The Bertz CT molecular complexity index is 759. The molecule has 0 bridgehead atoms. The number of ether oxygens (including phenoxy) is 1.